The fourth-order valence-corrected chi connectivity index (χ4v) is 1.63. The molecule has 0 amide bonds. The van der Waals surface area contributed by atoms with Crippen molar-refractivity contribution in [3.63, 3.8) is 0 Å². The highest BCUT2D eigenvalue weighted by Gasteiger charge is 1.93. The maximum absolute atomic E-state index is 3.84. The smallest absolute Gasteiger partial charge is 0.0348 e. The molecule has 0 bridgehead atoms. The zero-order valence-corrected chi connectivity index (χ0v) is 10.9. The Hall–Kier alpha value is -0.520. The molecule has 0 rings (SSSR count). The van der Waals surface area contributed by atoms with E-state index < -0.39 is 0 Å². The summed E-state index contributed by atoms with van der Waals surface area (Å²) in [6, 6.07) is 0. The van der Waals surface area contributed by atoms with Crippen molar-refractivity contribution in [2.24, 2.45) is 5.92 Å². The molecule has 15 heavy (non-hydrogen) atoms. The predicted octanol–water partition coefficient (Wildman–Crippen LogP) is 5.51. The Labute approximate surface area is 96.5 Å². The number of hydrogen-bond acceptors (Lipinski definition) is 0. The molecule has 0 spiro atoms. The van der Waals surface area contributed by atoms with E-state index >= 15 is 0 Å². The number of allylic oxidation sites excluding steroid dienone is 3. The van der Waals surface area contributed by atoms with E-state index in [4.69, 9.17) is 0 Å². The van der Waals surface area contributed by atoms with Gasteiger partial charge in [-0.25, -0.2) is 0 Å². The lowest BCUT2D eigenvalue weighted by Crippen LogP contribution is -1.86. The van der Waals surface area contributed by atoms with Crippen LogP contribution in [0.1, 0.15) is 65.7 Å². The molecular formula is C15H28. The summed E-state index contributed by atoms with van der Waals surface area (Å²) in [5.74, 6) is 0.878. The molecule has 0 heterocycles. The molecule has 88 valence electrons. The average Bonchev–Trinajstić information content (AvgIpc) is 2.14. The zero-order chi connectivity index (χ0) is 11.5. The van der Waals surface area contributed by atoms with E-state index in [2.05, 4.69) is 32.6 Å². The molecule has 0 aromatic carbocycles. The Morgan fingerprint density at radius 1 is 1.07 bits per heavy atom. The number of hydrogen-bond donors (Lipinski definition) is 0. The second-order valence-electron chi connectivity index (χ2n) is 4.99. The van der Waals surface area contributed by atoms with Crippen molar-refractivity contribution in [3.8, 4) is 0 Å². The Balaban J connectivity index is 3.08. The Morgan fingerprint density at radius 3 is 2.27 bits per heavy atom. The predicted molar refractivity (Wildman–Crippen MR) is 71.1 cm³/mol. The fraction of sp³-hybridized carbons (Fsp3) is 0.733. The summed E-state index contributed by atoms with van der Waals surface area (Å²) >= 11 is 0. The summed E-state index contributed by atoms with van der Waals surface area (Å²) in [5, 5.41) is 0. The quantitative estimate of drug-likeness (QED) is 0.346. The van der Waals surface area contributed by atoms with Gasteiger partial charge in [0.25, 0.3) is 0 Å². The van der Waals surface area contributed by atoms with Gasteiger partial charge in [-0.15, -0.1) is 0 Å². The average molecular weight is 208 g/mol. The van der Waals surface area contributed by atoms with Crippen molar-refractivity contribution >= 4 is 0 Å². The zero-order valence-electron chi connectivity index (χ0n) is 10.9. The van der Waals surface area contributed by atoms with Gasteiger partial charge in [-0.2, -0.15) is 0 Å². The molecule has 0 fully saturated rings. The molecule has 0 saturated carbocycles. The third-order valence-corrected chi connectivity index (χ3v) is 2.55. The lowest BCUT2D eigenvalue weighted by molar-refractivity contribution is 0.516. The summed E-state index contributed by atoms with van der Waals surface area (Å²) in [4.78, 5) is 0. The summed E-state index contributed by atoms with van der Waals surface area (Å²) in [6.07, 6.45) is 14.0. The first-order valence-corrected chi connectivity index (χ1v) is 6.45. The highest BCUT2D eigenvalue weighted by Crippen LogP contribution is 2.11. The van der Waals surface area contributed by atoms with Crippen LogP contribution in [0.3, 0.4) is 0 Å². The normalized spacial score (nSPS) is 11.5. The van der Waals surface area contributed by atoms with Crippen LogP contribution in [0.2, 0.25) is 0 Å². The van der Waals surface area contributed by atoms with Crippen LogP contribution in [-0.4, -0.2) is 0 Å². The third kappa shape index (κ3) is 13.5. The second-order valence-corrected chi connectivity index (χ2v) is 4.99. The van der Waals surface area contributed by atoms with E-state index in [1.54, 1.807) is 0 Å². The number of unbranched alkanes of at least 4 members (excludes halogenated alkanes) is 5. The van der Waals surface area contributed by atoms with Crippen LogP contribution in [0.25, 0.3) is 0 Å². The summed E-state index contributed by atoms with van der Waals surface area (Å²) in [7, 11) is 0. The van der Waals surface area contributed by atoms with Crippen LogP contribution >= 0.6 is 0 Å². The van der Waals surface area contributed by atoms with Gasteiger partial charge in [-0.3, -0.25) is 0 Å². The van der Waals surface area contributed by atoms with Gasteiger partial charge in [-0.05, 0) is 25.7 Å². The second kappa shape index (κ2) is 10.0. The fourth-order valence-electron chi connectivity index (χ4n) is 1.63. The van der Waals surface area contributed by atoms with Gasteiger partial charge >= 0.3 is 0 Å². The molecule has 0 nitrogen and oxygen atoms in total. The maximum Gasteiger partial charge on any atom is -0.0348 e. The van der Waals surface area contributed by atoms with Crippen molar-refractivity contribution in [2.75, 3.05) is 0 Å². The summed E-state index contributed by atoms with van der Waals surface area (Å²) in [6.45, 7) is 10.5. The van der Waals surface area contributed by atoms with Crippen molar-refractivity contribution in [3.05, 3.63) is 24.3 Å². The molecule has 0 aromatic rings. The SMILES string of the molecule is C=C(C)C=CCCCCCCCC(C)C. The van der Waals surface area contributed by atoms with Gasteiger partial charge in [0.2, 0.25) is 0 Å². The van der Waals surface area contributed by atoms with E-state index in [0.29, 0.717) is 0 Å². The summed E-state index contributed by atoms with van der Waals surface area (Å²) in [5.41, 5.74) is 1.16. The molecule has 0 aromatic heterocycles. The molecule has 0 atom stereocenters. The molecule has 0 aliphatic rings. The van der Waals surface area contributed by atoms with Crippen LogP contribution < -0.4 is 0 Å². The summed E-state index contributed by atoms with van der Waals surface area (Å²) < 4.78 is 0. The molecule has 0 unspecified atom stereocenters. The molecular weight excluding hydrogens is 180 g/mol. The van der Waals surface area contributed by atoms with Crippen LogP contribution in [0, 0.1) is 5.92 Å². The lowest BCUT2D eigenvalue weighted by Gasteiger charge is -2.03. The van der Waals surface area contributed by atoms with Gasteiger partial charge in [0.1, 0.15) is 0 Å². The molecule has 0 aliphatic carbocycles. The van der Waals surface area contributed by atoms with E-state index in [1.165, 1.54) is 44.9 Å². The van der Waals surface area contributed by atoms with Crippen LogP contribution in [0.5, 0.6) is 0 Å². The Morgan fingerprint density at radius 2 is 1.67 bits per heavy atom. The van der Waals surface area contributed by atoms with E-state index in [0.717, 1.165) is 11.5 Å². The first-order chi connectivity index (χ1) is 7.13. The van der Waals surface area contributed by atoms with Crippen LogP contribution in [0.15, 0.2) is 24.3 Å². The molecule has 0 saturated heterocycles. The largest absolute Gasteiger partial charge is 0.0961 e. The van der Waals surface area contributed by atoms with Crippen molar-refractivity contribution < 1.29 is 0 Å². The standard InChI is InChI=1S/C15H28/c1-14(2)12-10-8-6-5-7-9-11-13-15(3)4/h10,12,15H,1,5-9,11,13H2,2-4H3. The van der Waals surface area contributed by atoms with Gasteiger partial charge in [0, 0.05) is 0 Å². The maximum atomic E-state index is 3.84. The molecule has 0 N–H and O–H groups in total. The van der Waals surface area contributed by atoms with Gasteiger partial charge in [0.15, 0.2) is 0 Å². The van der Waals surface area contributed by atoms with Gasteiger partial charge in [0.05, 0.1) is 0 Å². The Bertz CT molecular complexity index is 174. The number of rotatable bonds is 9. The third-order valence-electron chi connectivity index (χ3n) is 2.55. The minimum Gasteiger partial charge on any atom is -0.0961 e. The van der Waals surface area contributed by atoms with Crippen molar-refractivity contribution in [1.29, 1.82) is 0 Å². The van der Waals surface area contributed by atoms with E-state index in [9.17, 15) is 0 Å². The molecule has 0 aliphatic heterocycles. The van der Waals surface area contributed by atoms with Gasteiger partial charge < -0.3 is 0 Å². The van der Waals surface area contributed by atoms with Crippen molar-refractivity contribution in [1.82, 2.24) is 0 Å². The lowest BCUT2D eigenvalue weighted by atomic mass is 10.0. The van der Waals surface area contributed by atoms with E-state index in [1.807, 2.05) is 6.92 Å². The molecule has 0 heteroatoms. The van der Waals surface area contributed by atoms with E-state index in [-0.39, 0.29) is 0 Å². The molecule has 0 radical (unpaired) electrons. The highest BCUT2D eigenvalue weighted by atomic mass is 14.0. The minimum atomic E-state index is 0.878. The Kier molecular flexibility index (Phi) is 9.67. The highest BCUT2D eigenvalue weighted by molar-refractivity contribution is 5.10. The monoisotopic (exact) mass is 208 g/mol. The first-order valence-electron chi connectivity index (χ1n) is 6.45. The van der Waals surface area contributed by atoms with Crippen LogP contribution in [-0.2, 0) is 0 Å². The minimum absolute atomic E-state index is 0.878. The van der Waals surface area contributed by atoms with Gasteiger partial charge in [-0.1, -0.05) is 70.3 Å². The topological polar surface area (TPSA) is 0 Å². The first kappa shape index (κ1) is 14.5. The van der Waals surface area contributed by atoms with Crippen molar-refractivity contribution in [2.45, 2.75) is 65.7 Å². The van der Waals surface area contributed by atoms with Crippen LogP contribution in [0.4, 0.5) is 0 Å².